The standard InChI is InChI=1S/C22H25N3O5S/c1-15-6-4-5-7-18(15)22-24-23-21(30-22)16-10-12-25(13-11-16)31(26,27)17-8-9-19(28-2)20(14-17)29-3/h4-9,14,16H,10-13H2,1-3H3. The minimum Gasteiger partial charge on any atom is -0.493 e. The van der Waals surface area contributed by atoms with E-state index >= 15 is 0 Å². The summed E-state index contributed by atoms with van der Waals surface area (Å²) in [5, 5.41) is 8.43. The summed E-state index contributed by atoms with van der Waals surface area (Å²) >= 11 is 0. The van der Waals surface area contributed by atoms with Crippen molar-refractivity contribution in [3.05, 3.63) is 53.9 Å². The Kier molecular flexibility index (Phi) is 5.97. The van der Waals surface area contributed by atoms with Crippen LogP contribution in [0.3, 0.4) is 0 Å². The van der Waals surface area contributed by atoms with Crippen molar-refractivity contribution >= 4 is 10.0 Å². The van der Waals surface area contributed by atoms with Gasteiger partial charge < -0.3 is 13.9 Å². The van der Waals surface area contributed by atoms with Gasteiger partial charge in [-0.2, -0.15) is 4.31 Å². The van der Waals surface area contributed by atoms with Crippen LogP contribution in [0.4, 0.5) is 0 Å². The number of aryl methyl sites for hydroxylation is 1. The summed E-state index contributed by atoms with van der Waals surface area (Å²) in [6, 6.07) is 12.5. The molecule has 1 aromatic heterocycles. The first kappa shape index (κ1) is 21.3. The van der Waals surface area contributed by atoms with Gasteiger partial charge in [0.1, 0.15) is 0 Å². The van der Waals surface area contributed by atoms with Gasteiger partial charge in [-0.15, -0.1) is 10.2 Å². The molecular weight excluding hydrogens is 418 g/mol. The predicted octanol–water partition coefficient (Wildman–Crippen LogP) is 3.63. The molecule has 0 spiro atoms. The quantitative estimate of drug-likeness (QED) is 0.574. The summed E-state index contributed by atoms with van der Waals surface area (Å²) < 4.78 is 44.1. The largest absolute Gasteiger partial charge is 0.493 e. The lowest BCUT2D eigenvalue weighted by atomic mass is 9.98. The summed E-state index contributed by atoms with van der Waals surface area (Å²) in [5.74, 6) is 1.95. The van der Waals surface area contributed by atoms with E-state index in [9.17, 15) is 8.42 Å². The molecule has 1 aliphatic rings. The molecule has 3 aromatic rings. The van der Waals surface area contributed by atoms with Crippen LogP contribution in [0.15, 0.2) is 51.8 Å². The van der Waals surface area contributed by atoms with Gasteiger partial charge in [-0.1, -0.05) is 18.2 Å². The molecule has 164 valence electrons. The lowest BCUT2D eigenvalue weighted by Gasteiger charge is -2.29. The highest BCUT2D eigenvalue weighted by Crippen LogP contribution is 2.34. The molecule has 0 N–H and O–H groups in total. The van der Waals surface area contributed by atoms with Gasteiger partial charge in [0.05, 0.1) is 19.1 Å². The monoisotopic (exact) mass is 443 g/mol. The van der Waals surface area contributed by atoms with Gasteiger partial charge in [0, 0.05) is 30.6 Å². The molecule has 31 heavy (non-hydrogen) atoms. The molecule has 0 unspecified atom stereocenters. The SMILES string of the molecule is COc1ccc(S(=O)(=O)N2CCC(c3nnc(-c4ccccc4C)o3)CC2)cc1OC. The molecule has 9 heteroatoms. The topological polar surface area (TPSA) is 94.8 Å². The Hall–Kier alpha value is -2.91. The van der Waals surface area contributed by atoms with Crippen molar-refractivity contribution in [2.75, 3.05) is 27.3 Å². The van der Waals surface area contributed by atoms with Crippen molar-refractivity contribution in [2.24, 2.45) is 0 Å². The van der Waals surface area contributed by atoms with E-state index in [1.807, 2.05) is 31.2 Å². The van der Waals surface area contributed by atoms with E-state index in [1.165, 1.54) is 30.7 Å². The summed E-state index contributed by atoms with van der Waals surface area (Å²) in [6.45, 7) is 2.75. The number of benzene rings is 2. The van der Waals surface area contributed by atoms with Crippen LogP contribution in [-0.4, -0.2) is 50.2 Å². The first-order valence-corrected chi connectivity index (χ1v) is 11.5. The second-order valence-electron chi connectivity index (χ2n) is 7.46. The third-order valence-corrected chi connectivity index (χ3v) is 7.51. The van der Waals surface area contributed by atoms with Gasteiger partial charge in [-0.3, -0.25) is 0 Å². The highest BCUT2D eigenvalue weighted by Gasteiger charge is 2.32. The Labute approximate surface area is 181 Å². The van der Waals surface area contributed by atoms with E-state index in [4.69, 9.17) is 13.9 Å². The second kappa shape index (κ2) is 8.68. The van der Waals surface area contributed by atoms with Gasteiger partial charge in [0.2, 0.25) is 21.8 Å². The maximum absolute atomic E-state index is 13.1. The molecule has 4 rings (SSSR count). The average molecular weight is 444 g/mol. The number of sulfonamides is 1. The number of hydrogen-bond donors (Lipinski definition) is 0. The van der Waals surface area contributed by atoms with Crippen LogP contribution in [0.2, 0.25) is 0 Å². The van der Waals surface area contributed by atoms with Crippen molar-refractivity contribution in [3.63, 3.8) is 0 Å². The van der Waals surface area contributed by atoms with E-state index in [0.29, 0.717) is 49.2 Å². The Balaban J connectivity index is 1.47. The number of rotatable bonds is 6. The summed E-state index contributed by atoms with van der Waals surface area (Å²) in [6.07, 6.45) is 1.23. The van der Waals surface area contributed by atoms with Crippen LogP contribution in [0.5, 0.6) is 11.5 Å². The van der Waals surface area contributed by atoms with Gasteiger partial charge in [0.25, 0.3) is 0 Å². The van der Waals surface area contributed by atoms with Crippen molar-refractivity contribution in [1.82, 2.24) is 14.5 Å². The summed E-state index contributed by atoms with van der Waals surface area (Å²) in [7, 11) is -0.643. The molecule has 8 nitrogen and oxygen atoms in total. The molecule has 2 aromatic carbocycles. The smallest absolute Gasteiger partial charge is 0.248 e. The number of aromatic nitrogens is 2. The molecule has 0 saturated carbocycles. The number of piperidine rings is 1. The van der Waals surface area contributed by atoms with Crippen molar-refractivity contribution in [3.8, 4) is 23.0 Å². The van der Waals surface area contributed by atoms with Gasteiger partial charge in [-0.05, 0) is 43.5 Å². The third kappa shape index (κ3) is 4.15. The first-order valence-electron chi connectivity index (χ1n) is 10.1. The Morgan fingerprint density at radius 3 is 2.39 bits per heavy atom. The Morgan fingerprint density at radius 1 is 1.00 bits per heavy atom. The number of nitrogens with zero attached hydrogens (tertiary/aromatic N) is 3. The fourth-order valence-electron chi connectivity index (χ4n) is 3.79. The molecule has 0 bridgehead atoms. The minimum absolute atomic E-state index is 0.0297. The minimum atomic E-state index is -3.64. The van der Waals surface area contributed by atoms with E-state index in [-0.39, 0.29) is 10.8 Å². The van der Waals surface area contributed by atoms with Crippen molar-refractivity contribution < 1.29 is 22.3 Å². The number of ether oxygens (including phenoxy) is 2. The normalized spacial score (nSPS) is 15.7. The molecule has 0 atom stereocenters. The third-order valence-electron chi connectivity index (χ3n) is 5.61. The van der Waals surface area contributed by atoms with Crippen LogP contribution >= 0.6 is 0 Å². The fourth-order valence-corrected chi connectivity index (χ4v) is 5.28. The van der Waals surface area contributed by atoms with Crippen LogP contribution in [0.25, 0.3) is 11.5 Å². The Bertz CT molecular complexity index is 1170. The maximum atomic E-state index is 13.1. The molecular formula is C22H25N3O5S. The van der Waals surface area contributed by atoms with Gasteiger partial charge in [0.15, 0.2) is 11.5 Å². The lowest BCUT2D eigenvalue weighted by molar-refractivity contribution is 0.291. The molecule has 1 aliphatic heterocycles. The van der Waals surface area contributed by atoms with E-state index in [2.05, 4.69) is 10.2 Å². The fraction of sp³-hybridized carbons (Fsp3) is 0.364. The van der Waals surface area contributed by atoms with E-state index in [0.717, 1.165) is 11.1 Å². The summed E-state index contributed by atoms with van der Waals surface area (Å²) in [4.78, 5) is 0.184. The molecule has 1 saturated heterocycles. The van der Waals surface area contributed by atoms with Gasteiger partial charge in [-0.25, -0.2) is 8.42 Å². The summed E-state index contributed by atoms with van der Waals surface area (Å²) in [5.41, 5.74) is 1.98. The van der Waals surface area contributed by atoms with E-state index < -0.39 is 10.0 Å². The molecule has 0 aliphatic carbocycles. The molecule has 2 heterocycles. The zero-order valence-electron chi connectivity index (χ0n) is 17.7. The lowest BCUT2D eigenvalue weighted by Crippen LogP contribution is -2.38. The predicted molar refractivity (Wildman–Crippen MR) is 115 cm³/mol. The molecule has 1 fully saturated rings. The number of methoxy groups -OCH3 is 2. The Morgan fingerprint density at radius 2 is 1.71 bits per heavy atom. The highest BCUT2D eigenvalue weighted by atomic mass is 32.2. The van der Waals surface area contributed by atoms with E-state index in [1.54, 1.807) is 6.07 Å². The zero-order valence-corrected chi connectivity index (χ0v) is 18.6. The second-order valence-corrected chi connectivity index (χ2v) is 9.39. The van der Waals surface area contributed by atoms with Crippen LogP contribution in [-0.2, 0) is 10.0 Å². The molecule has 0 radical (unpaired) electrons. The van der Waals surface area contributed by atoms with Crippen molar-refractivity contribution in [2.45, 2.75) is 30.6 Å². The number of hydrogen-bond acceptors (Lipinski definition) is 7. The molecule has 0 amide bonds. The van der Waals surface area contributed by atoms with Crippen molar-refractivity contribution in [1.29, 1.82) is 0 Å². The maximum Gasteiger partial charge on any atom is 0.248 e. The first-order chi connectivity index (χ1) is 14.9. The average Bonchev–Trinajstić information content (AvgIpc) is 3.29. The van der Waals surface area contributed by atoms with Crippen LogP contribution in [0.1, 0.15) is 30.2 Å². The zero-order chi connectivity index (χ0) is 22.0. The van der Waals surface area contributed by atoms with Gasteiger partial charge >= 0.3 is 0 Å². The highest BCUT2D eigenvalue weighted by molar-refractivity contribution is 7.89. The van der Waals surface area contributed by atoms with Crippen LogP contribution in [0, 0.1) is 6.92 Å². The van der Waals surface area contributed by atoms with Crippen LogP contribution < -0.4 is 9.47 Å².